The molecule has 0 amide bonds. The van der Waals surface area contributed by atoms with Crippen molar-refractivity contribution in [1.82, 2.24) is 4.98 Å². The van der Waals surface area contributed by atoms with E-state index in [-0.39, 0.29) is 0 Å². The van der Waals surface area contributed by atoms with Crippen LogP contribution in [0.5, 0.6) is 0 Å². The van der Waals surface area contributed by atoms with E-state index in [4.69, 9.17) is 0 Å². The van der Waals surface area contributed by atoms with Crippen molar-refractivity contribution in [1.29, 1.82) is 0 Å². The molecule has 0 aliphatic carbocycles. The van der Waals surface area contributed by atoms with Crippen molar-refractivity contribution in [2.24, 2.45) is 0 Å². The number of halogens is 1. The predicted octanol–water partition coefficient (Wildman–Crippen LogP) is 2.33. The summed E-state index contributed by atoms with van der Waals surface area (Å²) in [5, 5.41) is 1.01. The van der Waals surface area contributed by atoms with Gasteiger partial charge in [0.25, 0.3) is 0 Å². The first-order valence-corrected chi connectivity index (χ1v) is 4.42. The summed E-state index contributed by atoms with van der Waals surface area (Å²) in [4.78, 5) is 4.04. The van der Waals surface area contributed by atoms with Gasteiger partial charge in [-0.25, -0.2) is 0 Å². The first-order chi connectivity index (χ1) is 4.84. The van der Waals surface area contributed by atoms with Crippen LogP contribution in [0.25, 0.3) is 0 Å². The summed E-state index contributed by atoms with van der Waals surface area (Å²) in [5.74, 6) is 0. The van der Waals surface area contributed by atoms with Gasteiger partial charge in [0.2, 0.25) is 0 Å². The number of aromatic nitrogens is 1. The van der Waals surface area contributed by atoms with E-state index in [9.17, 15) is 0 Å². The second-order valence-corrected chi connectivity index (χ2v) is 3.03. The van der Waals surface area contributed by atoms with E-state index in [1.54, 1.807) is 0 Å². The van der Waals surface area contributed by atoms with Crippen LogP contribution in [0.15, 0.2) is 18.5 Å². The Morgan fingerprint density at radius 3 is 3.00 bits per heavy atom. The number of hydrogen-bond acceptors (Lipinski definition) is 1. The summed E-state index contributed by atoms with van der Waals surface area (Å²) in [6.45, 7) is 2.11. The van der Waals surface area contributed by atoms with Crippen molar-refractivity contribution in [2.75, 3.05) is 5.33 Å². The number of aryl methyl sites for hydroxylation is 2. The Bertz CT molecular complexity index is 210. The van der Waals surface area contributed by atoms with E-state index in [1.807, 2.05) is 18.5 Å². The number of nitrogens with zero attached hydrogens (tertiary/aromatic N) is 1. The molecule has 0 radical (unpaired) electrons. The molecule has 0 saturated heterocycles. The fraction of sp³-hybridized carbons (Fsp3) is 0.375. The van der Waals surface area contributed by atoms with E-state index >= 15 is 0 Å². The largest absolute Gasteiger partial charge is 0.264 e. The Balaban J connectivity index is 2.81. The first kappa shape index (κ1) is 7.73. The highest BCUT2D eigenvalue weighted by molar-refractivity contribution is 9.09. The molecule has 0 spiro atoms. The second kappa shape index (κ2) is 3.71. The molecule has 54 valence electrons. The molecule has 0 N–H and O–H groups in total. The molecule has 0 atom stereocenters. The van der Waals surface area contributed by atoms with Gasteiger partial charge in [0, 0.05) is 17.7 Å². The highest BCUT2D eigenvalue weighted by Crippen LogP contribution is 2.06. The predicted molar refractivity (Wildman–Crippen MR) is 46.5 cm³/mol. The van der Waals surface area contributed by atoms with Crippen LogP contribution < -0.4 is 0 Å². The molecule has 0 aliphatic rings. The minimum Gasteiger partial charge on any atom is -0.264 e. The van der Waals surface area contributed by atoms with Crippen LogP contribution in [-0.4, -0.2) is 10.3 Å². The monoisotopic (exact) mass is 199 g/mol. The van der Waals surface area contributed by atoms with Crippen LogP contribution >= 0.6 is 15.9 Å². The molecule has 0 bridgehead atoms. The van der Waals surface area contributed by atoms with Crippen molar-refractivity contribution >= 4 is 15.9 Å². The molecule has 0 unspecified atom stereocenters. The van der Waals surface area contributed by atoms with Gasteiger partial charge < -0.3 is 0 Å². The number of hydrogen-bond donors (Lipinski definition) is 0. The summed E-state index contributed by atoms with van der Waals surface area (Å²) in [5.41, 5.74) is 2.66. The minimum absolute atomic E-state index is 1.01. The quantitative estimate of drug-likeness (QED) is 0.667. The molecule has 1 aromatic rings. The normalized spacial score (nSPS) is 9.80. The lowest BCUT2D eigenvalue weighted by molar-refractivity contribution is 1.09. The number of pyridine rings is 1. The third-order valence-corrected chi connectivity index (χ3v) is 1.91. The number of alkyl halides is 1. The fourth-order valence-corrected chi connectivity index (χ4v) is 1.29. The Kier molecular flexibility index (Phi) is 2.87. The summed E-state index contributed by atoms with van der Waals surface area (Å²) >= 11 is 3.39. The molecule has 0 saturated carbocycles. The van der Waals surface area contributed by atoms with E-state index < -0.39 is 0 Å². The van der Waals surface area contributed by atoms with Gasteiger partial charge in [0.05, 0.1) is 0 Å². The maximum Gasteiger partial charge on any atom is 0.0302 e. The van der Waals surface area contributed by atoms with Gasteiger partial charge in [-0.2, -0.15) is 0 Å². The van der Waals surface area contributed by atoms with Gasteiger partial charge in [0.15, 0.2) is 0 Å². The van der Waals surface area contributed by atoms with Gasteiger partial charge >= 0.3 is 0 Å². The zero-order valence-electron chi connectivity index (χ0n) is 5.97. The van der Waals surface area contributed by atoms with E-state index in [1.165, 1.54) is 11.1 Å². The Morgan fingerprint density at radius 1 is 1.60 bits per heavy atom. The van der Waals surface area contributed by atoms with Gasteiger partial charge in [-0.1, -0.05) is 15.9 Å². The molecule has 1 nitrogen and oxygen atoms in total. The van der Waals surface area contributed by atoms with Gasteiger partial charge in [-0.15, -0.1) is 0 Å². The third kappa shape index (κ3) is 1.81. The third-order valence-electron chi connectivity index (χ3n) is 1.51. The molecule has 0 fully saturated rings. The van der Waals surface area contributed by atoms with Crippen LogP contribution in [0.3, 0.4) is 0 Å². The zero-order chi connectivity index (χ0) is 7.40. The lowest BCUT2D eigenvalue weighted by atomic mass is 10.1. The lowest BCUT2D eigenvalue weighted by Crippen LogP contribution is -1.90. The second-order valence-electron chi connectivity index (χ2n) is 2.24. The lowest BCUT2D eigenvalue weighted by Gasteiger charge is -1.99. The topological polar surface area (TPSA) is 12.9 Å². The zero-order valence-corrected chi connectivity index (χ0v) is 7.56. The molecule has 10 heavy (non-hydrogen) atoms. The van der Waals surface area contributed by atoms with Crippen LogP contribution in [0.4, 0.5) is 0 Å². The Labute approximate surface area is 69.6 Å². The van der Waals surface area contributed by atoms with E-state index in [0.717, 1.165) is 11.8 Å². The number of rotatable bonds is 2. The highest BCUT2D eigenvalue weighted by Gasteiger charge is 1.94. The summed E-state index contributed by atoms with van der Waals surface area (Å²) in [6.07, 6.45) is 4.82. The smallest absolute Gasteiger partial charge is 0.0302 e. The Hall–Kier alpha value is -0.370. The van der Waals surface area contributed by atoms with Crippen LogP contribution in [0.1, 0.15) is 11.1 Å². The van der Waals surface area contributed by atoms with E-state index in [2.05, 4.69) is 27.8 Å². The van der Waals surface area contributed by atoms with Crippen molar-refractivity contribution in [3.05, 3.63) is 29.6 Å². The maximum atomic E-state index is 4.04. The average molecular weight is 200 g/mol. The molecule has 0 aliphatic heterocycles. The fourth-order valence-electron chi connectivity index (χ4n) is 0.860. The van der Waals surface area contributed by atoms with Crippen molar-refractivity contribution in [3.8, 4) is 0 Å². The first-order valence-electron chi connectivity index (χ1n) is 3.30. The molecular formula is C8H10BrN. The van der Waals surface area contributed by atoms with Crippen molar-refractivity contribution < 1.29 is 0 Å². The molecule has 1 heterocycles. The Morgan fingerprint density at radius 2 is 2.40 bits per heavy atom. The van der Waals surface area contributed by atoms with Crippen LogP contribution in [-0.2, 0) is 6.42 Å². The average Bonchev–Trinajstić information content (AvgIpc) is 1.94. The van der Waals surface area contributed by atoms with Crippen LogP contribution in [0.2, 0.25) is 0 Å². The summed E-state index contributed by atoms with van der Waals surface area (Å²) in [6, 6.07) is 2.04. The van der Waals surface area contributed by atoms with Crippen LogP contribution in [0, 0.1) is 6.92 Å². The summed E-state index contributed by atoms with van der Waals surface area (Å²) < 4.78 is 0. The maximum absolute atomic E-state index is 4.04. The highest BCUT2D eigenvalue weighted by atomic mass is 79.9. The molecule has 2 heteroatoms. The van der Waals surface area contributed by atoms with Crippen molar-refractivity contribution in [3.63, 3.8) is 0 Å². The molecule has 0 aromatic carbocycles. The SMILES string of the molecule is Cc1ccncc1CCBr. The summed E-state index contributed by atoms with van der Waals surface area (Å²) in [7, 11) is 0. The van der Waals surface area contributed by atoms with E-state index in [0.29, 0.717) is 0 Å². The minimum atomic E-state index is 1.01. The standard InChI is InChI=1S/C8H10BrN/c1-7-3-5-10-6-8(7)2-4-9/h3,5-6H,2,4H2,1H3. The molecular weight excluding hydrogens is 190 g/mol. The van der Waals surface area contributed by atoms with Gasteiger partial charge in [-0.05, 0) is 30.5 Å². The molecule has 1 aromatic heterocycles. The van der Waals surface area contributed by atoms with Gasteiger partial charge in [0.1, 0.15) is 0 Å². The van der Waals surface area contributed by atoms with Gasteiger partial charge in [-0.3, -0.25) is 4.98 Å². The molecule has 1 rings (SSSR count). The van der Waals surface area contributed by atoms with Crippen molar-refractivity contribution in [2.45, 2.75) is 13.3 Å².